The van der Waals surface area contributed by atoms with Crippen LogP contribution in [-0.2, 0) is 9.53 Å². The second-order valence-corrected chi connectivity index (χ2v) is 8.86. The summed E-state index contributed by atoms with van der Waals surface area (Å²) in [6.45, 7) is 1.50. The van der Waals surface area contributed by atoms with Crippen LogP contribution in [0.2, 0.25) is 0 Å². The highest BCUT2D eigenvalue weighted by molar-refractivity contribution is 5.93. The Morgan fingerprint density at radius 1 is 0.970 bits per heavy atom. The number of benzene rings is 1. The van der Waals surface area contributed by atoms with Gasteiger partial charge in [0.05, 0.1) is 17.9 Å². The summed E-state index contributed by atoms with van der Waals surface area (Å²) in [6.07, 6.45) is 16.6. The van der Waals surface area contributed by atoms with E-state index in [0.717, 1.165) is 48.4 Å². The molecule has 1 aliphatic carbocycles. The average molecular weight is 443 g/mol. The minimum absolute atomic E-state index is 0.0407. The molecule has 5 rings (SSSR count). The highest BCUT2D eigenvalue weighted by Crippen LogP contribution is 2.26. The van der Waals surface area contributed by atoms with Gasteiger partial charge in [0.2, 0.25) is 5.91 Å². The lowest BCUT2D eigenvalue weighted by Crippen LogP contribution is -2.40. The van der Waals surface area contributed by atoms with Gasteiger partial charge in [0, 0.05) is 48.9 Å². The van der Waals surface area contributed by atoms with Crippen molar-refractivity contribution in [3.63, 3.8) is 0 Å². The maximum absolute atomic E-state index is 12.9. The third-order valence-electron chi connectivity index (χ3n) is 6.54. The Hall–Kier alpha value is -3.25. The summed E-state index contributed by atoms with van der Waals surface area (Å²) >= 11 is 0. The number of carbonyl (C=O) groups is 1. The first-order chi connectivity index (χ1) is 16.3. The number of rotatable bonds is 6. The van der Waals surface area contributed by atoms with E-state index in [0.29, 0.717) is 12.2 Å². The van der Waals surface area contributed by atoms with E-state index < -0.39 is 0 Å². The Balaban J connectivity index is 1.28. The lowest BCUT2D eigenvalue weighted by Gasteiger charge is -2.32. The normalized spacial score (nSPS) is 17.8. The topological polar surface area (TPSA) is 60.2 Å². The van der Waals surface area contributed by atoms with Crippen molar-refractivity contribution in [3.8, 4) is 16.9 Å². The van der Waals surface area contributed by atoms with Crippen LogP contribution >= 0.6 is 0 Å². The number of likely N-dealkylation sites (tertiary alicyclic amines) is 1. The van der Waals surface area contributed by atoms with Crippen molar-refractivity contribution in [2.24, 2.45) is 0 Å². The van der Waals surface area contributed by atoms with Crippen LogP contribution in [0.3, 0.4) is 0 Å². The smallest absolute Gasteiger partial charge is 0.246 e. The molecule has 0 atom stereocenters. The number of amides is 1. The molecule has 3 heterocycles. The first kappa shape index (κ1) is 21.6. The molecular weight excluding hydrogens is 412 g/mol. The number of piperidine rings is 1. The van der Waals surface area contributed by atoms with Crippen LogP contribution in [0.4, 0.5) is 0 Å². The van der Waals surface area contributed by atoms with Gasteiger partial charge in [0.15, 0.2) is 0 Å². The third-order valence-corrected chi connectivity index (χ3v) is 6.54. The molecular formula is C27H30N4O2. The van der Waals surface area contributed by atoms with E-state index in [9.17, 15) is 4.79 Å². The Kier molecular flexibility index (Phi) is 6.63. The quantitative estimate of drug-likeness (QED) is 0.510. The summed E-state index contributed by atoms with van der Waals surface area (Å²) in [7, 11) is 0. The van der Waals surface area contributed by atoms with Crippen molar-refractivity contribution in [3.05, 3.63) is 72.7 Å². The molecule has 0 unspecified atom stereocenters. The molecule has 0 bridgehead atoms. The van der Waals surface area contributed by atoms with E-state index in [1.54, 1.807) is 18.5 Å². The lowest BCUT2D eigenvalue weighted by molar-refractivity contribution is -0.129. The second kappa shape index (κ2) is 10.1. The number of carbonyl (C=O) groups excluding carboxylic acids is 1. The number of para-hydroxylation sites is 1. The number of hydrogen-bond acceptors (Lipinski definition) is 4. The molecule has 170 valence electrons. The zero-order valence-corrected chi connectivity index (χ0v) is 18.8. The number of aromatic nitrogens is 3. The molecule has 6 heteroatoms. The Morgan fingerprint density at radius 3 is 2.45 bits per heavy atom. The minimum Gasteiger partial charge on any atom is -0.375 e. The summed E-state index contributed by atoms with van der Waals surface area (Å²) in [6, 6.07) is 13.9. The predicted octanol–water partition coefficient (Wildman–Crippen LogP) is 4.90. The fraction of sp³-hybridized carbons (Fsp3) is 0.370. The van der Waals surface area contributed by atoms with Gasteiger partial charge < -0.3 is 9.64 Å². The Bertz CT molecular complexity index is 1080. The first-order valence-electron chi connectivity index (χ1n) is 11.9. The molecule has 33 heavy (non-hydrogen) atoms. The van der Waals surface area contributed by atoms with Crippen LogP contribution < -0.4 is 0 Å². The van der Waals surface area contributed by atoms with Gasteiger partial charge in [-0.2, -0.15) is 5.10 Å². The molecule has 2 fully saturated rings. The largest absolute Gasteiger partial charge is 0.375 e. The molecule has 2 aliphatic rings. The maximum atomic E-state index is 12.9. The van der Waals surface area contributed by atoms with Gasteiger partial charge in [0.1, 0.15) is 5.69 Å². The lowest BCUT2D eigenvalue weighted by atomic mass is 10.1. The molecule has 1 aromatic carbocycles. The maximum Gasteiger partial charge on any atom is 0.246 e. The van der Waals surface area contributed by atoms with Crippen LogP contribution in [0, 0.1) is 0 Å². The molecule has 2 aromatic heterocycles. The van der Waals surface area contributed by atoms with Crippen molar-refractivity contribution in [2.45, 2.75) is 50.7 Å². The zero-order chi connectivity index (χ0) is 22.5. The Labute approximate surface area is 194 Å². The van der Waals surface area contributed by atoms with Gasteiger partial charge in [-0.15, -0.1) is 0 Å². The summed E-state index contributed by atoms with van der Waals surface area (Å²) in [5.74, 6) is 0.0407. The molecule has 1 saturated heterocycles. The predicted molar refractivity (Wildman–Crippen MR) is 129 cm³/mol. The number of pyridine rings is 1. The average Bonchev–Trinajstić information content (AvgIpc) is 3.54. The third kappa shape index (κ3) is 5.22. The number of hydrogen-bond donors (Lipinski definition) is 0. The van der Waals surface area contributed by atoms with Crippen LogP contribution in [0.5, 0.6) is 0 Å². The first-order valence-corrected chi connectivity index (χ1v) is 11.9. The summed E-state index contributed by atoms with van der Waals surface area (Å²) in [5, 5.41) is 4.78. The van der Waals surface area contributed by atoms with E-state index in [4.69, 9.17) is 9.84 Å². The fourth-order valence-corrected chi connectivity index (χ4v) is 4.72. The van der Waals surface area contributed by atoms with Gasteiger partial charge >= 0.3 is 0 Å². The van der Waals surface area contributed by atoms with E-state index in [1.165, 1.54) is 25.7 Å². The monoisotopic (exact) mass is 442 g/mol. The van der Waals surface area contributed by atoms with Crippen molar-refractivity contribution >= 4 is 12.0 Å². The van der Waals surface area contributed by atoms with Crippen LogP contribution in [0.25, 0.3) is 23.0 Å². The van der Waals surface area contributed by atoms with Crippen LogP contribution in [0.15, 0.2) is 67.1 Å². The highest BCUT2D eigenvalue weighted by atomic mass is 16.5. The molecule has 1 amide bonds. The van der Waals surface area contributed by atoms with Crippen molar-refractivity contribution in [1.82, 2.24) is 19.7 Å². The van der Waals surface area contributed by atoms with Crippen molar-refractivity contribution in [2.75, 3.05) is 13.1 Å². The summed E-state index contributed by atoms with van der Waals surface area (Å²) in [4.78, 5) is 19.1. The van der Waals surface area contributed by atoms with Gasteiger partial charge in [0.25, 0.3) is 0 Å². The molecule has 1 saturated carbocycles. The van der Waals surface area contributed by atoms with E-state index in [1.807, 2.05) is 64.3 Å². The molecule has 0 spiro atoms. The molecule has 3 aromatic rings. The molecule has 6 nitrogen and oxygen atoms in total. The molecule has 0 radical (unpaired) electrons. The standard InChI is InChI=1S/C27H30N4O2/c32-26(30-17-14-25(15-18-30)33-24-10-4-5-11-24)13-12-22-20-31(23-8-2-1-3-9-23)29-27(22)21-7-6-16-28-19-21/h1-3,6-9,12-13,16,19-20,24-25H,4-5,10-11,14-15,17-18H2/b13-12+. The highest BCUT2D eigenvalue weighted by Gasteiger charge is 2.26. The van der Waals surface area contributed by atoms with E-state index in [-0.39, 0.29) is 5.91 Å². The minimum atomic E-state index is 0.0407. The second-order valence-electron chi connectivity index (χ2n) is 8.86. The molecule has 1 aliphatic heterocycles. The van der Waals surface area contributed by atoms with Crippen LogP contribution in [-0.4, -0.2) is 50.9 Å². The van der Waals surface area contributed by atoms with Crippen LogP contribution in [0.1, 0.15) is 44.1 Å². The van der Waals surface area contributed by atoms with Crippen molar-refractivity contribution < 1.29 is 9.53 Å². The van der Waals surface area contributed by atoms with E-state index in [2.05, 4.69) is 4.98 Å². The summed E-state index contributed by atoms with van der Waals surface area (Å²) < 4.78 is 8.09. The van der Waals surface area contributed by atoms with Gasteiger partial charge in [-0.1, -0.05) is 31.0 Å². The Morgan fingerprint density at radius 2 is 1.73 bits per heavy atom. The van der Waals surface area contributed by atoms with Gasteiger partial charge in [-0.3, -0.25) is 9.78 Å². The zero-order valence-electron chi connectivity index (χ0n) is 18.8. The van der Waals surface area contributed by atoms with Crippen molar-refractivity contribution in [1.29, 1.82) is 0 Å². The van der Waals surface area contributed by atoms with Gasteiger partial charge in [-0.05, 0) is 56.0 Å². The molecule has 0 N–H and O–H groups in total. The SMILES string of the molecule is O=C(/C=C/c1cn(-c2ccccc2)nc1-c1cccnc1)N1CCC(OC2CCCC2)CC1. The van der Waals surface area contributed by atoms with Gasteiger partial charge in [-0.25, -0.2) is 4.68 Å². The number of ether oxygens (including phenoxy) is 1. The fourth-order valence-electron chi connectivity index (χ4n) is 4.72. The number of nitrogens with zero attached hydrogens (tertiary/aromatic N) is 4. The van der Waals surface area contributed by atoms with E-state index >= 15 is 0 Å². The summed E-state index contributed by atoms with van der Waals surface area (Å²) in [5.41, 5.74) is 3.58.